The average Bonchev–Trinajstić information content (AvgIpc) is 3.11. The van der Waals surface area contributed by atoms with E-state index in [1.807, 2.05) is 125 Å². The van der Waals surface area contributed by atoms with Crippen molar-refractivity contribution in [2.75, 3.05) is 13.1 Å². The van der Waals surface area contributed by atoms with Crippen LogP contribution in [0.4, 0.5) is 9.59 Å². The molecule has 10 heteroatoms. The average molecular weight is 707 g/mol. The zero-order valence-corrected chi connectivity index (χ0v) is 30.2. The molecule has 1 saturated carbocycles. The van der Waals surface area contributed by atoms with Crippen LogP contribution >= 0.6 is 0 Å². The molecule has 10 nitrogen and oxygen atoms in total. The molecule has 1 aliphatic carbocycles. The van der Waals surface area contributed by atoms with E-state index in [1.54, 1.807) is 0 Å². The molecule has 52 heavy (non-hydrogen) atoms. The number of hydrogen-bond acceptors (Lipinski definition) is 8. The Bertz CT molecular complexity index is 1670. The fourth-order valence-corrected chi connectivity index (χ4v) is 5.78. The van der Waals surface area contributed by atoms with Crippen molar-refractivity contribution in [3.8, 4) is 23.0 Å². The molecule has 4 aromatic carbocycles. The van der Waals surface area contributed by atoms with Crippen LogP contribution in [0.5, 0.6) is 23.0 Å². The molecule has 0 saturated heterocycles. The SMILES string of the molecule is CCCN(Cc1ccc(Oc2ccc(C)cc2)cc1)C(=O)OC(=O)C1CCC1C(=O)OC(=O)N(CCC)Cc1ccc(Oc2ccc(C)cc2)cc1. The van der Waals surface area contributed by atoms with Crippen molar-refractivity contribution in [1.29, 1.82) is 0 Å². The Kier molecular flexibility index (Phi) is 13.0. The van der Waals surface area contributed by atoms with Gasteiger partial charge in [0.2, 0.25) is 0 Å². The highest BCUT2D eigenvalue weighted by atomic mass is 16.6. The van der Waals surface area contributed by atoms with Gasteiger partial charge in [-0.15, -0.1) is 0 Å². The van der Waals surface area contributed by atoms with Crippen molar-refractivity contribution in [2.45, 2.75) is 66.5 Å². The molecule has 1 aliphatic rings. The van der Waals surface area contributed by atoms with Gasteiger partial charge in [0, 0.05) is 26.2 Å². The Morgan fingerprint density at radius 2 is 0.827 bits per heavy atom. The summed E-state index contributed by atoms with van der Waals surface area (Å²) in [5.41, 5.74) is 3.95. The Morgan fingerprint density at radius 1 is 0.519 bits per heavy atom. The van der Waals surface area contributed by atoms with E-state index in [0.717, 1.165) is 33.8 Å². The lowest BCUT2D eigenvalue weighted by atomic mass is 9.74. The molecule has 4 aromatic rings. The molecular weight excluding hydrogens is 660 g/mol. The third kappa shape index (κ3) is 10.4. The lowest BCUT2D eigenvalue weighted by Gasteiger charge is -2.33. The maximum Gasteiger partial charge on any atom is 0.417 e. The largest absolute Gasteiger partial charge is 0.457 e. The Hall–Kier alpha value is -5.64. The lowest BCUT2D eigenvalue weighted by Crippen LogP contribution is -2.44. The van der Waals surface area contributed by atoms with Gasteiger partial charge in [0.05, 0.1) is 11.8 Å². The van der Waals surface area contributed by atoms with Crippen LogP contribution in [0.1, 0.15) is 61.8 Å². The summed E-state index contributed by atoms with van der Waals surface area (Å²) in [5.74, 6) is -0.576. The molecule has 2 atom stereocenters. The van der Waals surface area contributed by atoms with Crippen molar-refractivity contribution in [2.24, 2.45) is 11.8 Å². The Labute approximate surface area is 305 Å². The molecule has 0 aliphatic heterocycles. The third-order valence-corrected chi connectivity index (χ3v) is 8.87. The summed E-state index contributed by atoms with van der Waals surface area (Å²) < 4.78 is 22.3. The van der Waals surface area contributed by atoms with Crippen LogP contribution in [-0.4, -0.2) is 47.0 Å². The molecule has 0 aromatic heterocycles. The smallest absolute Gasteiger partial charge is 0.417 e. The summed E-state index contributed by atoms with van der Waals surface area (Å²) in [6.45, 7) is 9.06. The molecule has 0 heterocycles. The number of aryl methyl sites for hydroxylation is 2. The predicted molar refractivity (Wildman–Crippen MR) is 196 cm³/mol. The van der Waals surface area contributed by atoms with Gasteiger partial charge in [-0.2, -0.15) is 0 Å². The Balaban J connectivity index is 1.11. The number of nitrogens with zero attached hydrogens (tertiary/aromatic N) is 2. The number of ether oxygens (including phenoxy) is 4. The number of amides is 2. The van der Waals surface area contributed by atoms with Crippen molar-refractivity contribution < 1.29 is 38.1 Å². The Morgan fingerprint density at radius 3 is 1.12 bits per heavy atom. The zero-order chi connectivity index (χ0) is 37.0. The van der Waals surface area contributed by atoms with Gasteiger partial charge in [-0.1, -0.05) is 73.5 Å². The van der Waals surface area contributed by atoms with Crippen LogP contribution in [0, 0.1) is 25.7 Å². The van der Waals surface area contributed by atoms with Crippen LogP contribution < -0.4 is 9.47 Å². The van der Waals surface area contributed by atoms with Gasteiger partial charge in [-0.25, -0.2) is 9.59 Å². The van der Waals surface area contributed by atoms with Gasteiger partial charge in [0.25, 0.3) is 0 Å². The molecule has 2 unspecified atom stereocenters. The van der Waals surface area contributed by atoms with Crippen molar-refractivity contribution in [3.05, 3.63) is 119 Å². The first-order valence-corrected chi connectivity index (χ1v) is 17.8. The number of hydrogen-bond donors (Lipinski definition) is 0. The molecule has 0 radical (unpaired) electrons. The minimum atomic E-state index is -0.869. The minimum absolute atomic E-state index is 0.227. The highest BCUT2D eigenvalue weighted by Gasteiger charge is 2.45. The third-order valence-electron chi connectivity index (χ3n) is 8.87. The van der Waals surface area contributed by atoms with Gasteiger partial charge in [-0.3, -0.25) is 9.59 Å². The summed E-state index contributed by atoms with van der Waals surface area (Å²) in [4.78, 5) is 55.3. The predicted octanol–water partition coefficient (Wildman–Crippen LogP) is 9.36. The van der Waals surface area contributed by atoms with Crippen molar-refractivity contribution >= 4 is 24.1 Å². The van der Waals surface area contributed by atoms with Crippen LogP contribution in [-0.2, 0) is 32.2 Å². The standard InChI is InChI=1S/C42H46N2O8/c1-5-25-43(27-31-11-19-35(20-12-31)49-33-15-7-29(3)8-16-33)41(47)51-39(45)37-23-24-38(37)40(46)52-42(48)44(26-6-2)28-32-13-21-36(22-14-32)50-34-17-9-30(4)10-18-34/h7-22,37-38H,5-6,23-28H2,1-4H3. The second-order valence-electron chi connectivity index (χ2n) is 13.1. The van der Waals surface area contributed by atoms with Gasteiger partial charge >= 0.3 is 24.1 Å². The maximum absolute atomic E-state index is 13.1. The van der Waals surface area contributed by atoms with E-state index in [1.165, 1.54) is 9.80 Å². The van der Waals surface area contributed by atoms with Crippen LogP contribution in [0.25, 0.3) is 0 Å². The van der Waals surface area contributed by atoms with Gasteiger partial charge in [-0.05, 0) is 99.2 Å². The van der Waals surface area contributed by atoms with E-state index in [0.29, 0.717) is 50.3 Å². The number of rotatable bonds is 14. The fourth-order valence-electron chi connectivity index (χ4n) is 5.78. The van der Waals surface area contributed by atoms with Crippen LogP contribution in [0.2, 0.25) is 0 Å². The quantitative estimate of drug-likeness (QED) is 0.0942. The molecule has 5 rings (SSSR count). The molecule has 0 spiro atoms. The maximum atomic E-state index is 13.1. The first-order chi connectivity index (χ1) is 25.1. The van der Waals surface area contributed by atoms with E-state index in [9.17, 15) is 19.2 Å². The van der Waals surface area contributed by atoms with E-state index in [2.05, 4.69) is 0 Å². The number of carbonyl (C=O) groups excluding carboxylic acids is 4. The molecule has 1 fully saturated rings. The summed E-state index contributed by atoms with van der Waals surface area (Å²) in [6.07, 6.45) is 0.436. The summed E-state index contributed by atoms with van der Waals surface area (Å²) in [7, 11) is 0. The number of esters is 2. The first kappa shape index (κ1) is 37.6. The highest BCUT2D eigenvalue weighted by Crippen LogP contribution is 2.37. The molecular formula is C42H46N2O8. The summed E-state index contributed by atoms with van der Waals surface area (Å²) in [5, 5.41) is 0. The highest BCUT2D eigenvalue weighted by molar-refractivity contribution is 5.93. The van der Waals surface area contributed by atoms with E-state index in [4.69, 9.17) is 18.9 Å². The first-order valence-electron chi connectivity index (χ1n) is 17.8. The minimum Gasteiger partial charge on any atom is -0.457 e. The van der Waals surface area contributed by atoms with Crippen molar-refractivity contribution in [3.63, 3.8) is 0 Å². The molecule has 272 valence electrons. The summed E-state index contributed by atoms with van der Waals surface area (Å²) in [6, 6.07) is 30.2. The second-order valence-corrected chi connectivity index (χ2v) is 13.1. The van der Waals surface area contributed by atoms with Gasteiger partial charge in [0.15, 0.2) is 0 Å². The second kappa shape index (κ2) is 18.0. The van der Waals surface area contributed by atoms with Crippen molar-refractivity contribution in [1.82, 2.24) is 9.80 Å². The molecule has 2 amide bonds. The van der Waals surface area contributed by atoms with Crippen LogP contribution in [0.3, 0.4) is 0 Å². The topological polar surface area (TPSA) is 112 Å². The van der Waals surface area contributed by atoms with Crippen LogP contribution in [0.15, 0.2) is 97.1 Å². The number of benzene rings is 4. The fraction of sp³-hybridized carbons (Fsp3) is 0.333. The monoisotopic (exact) mass is 706 g/mol. The number of carbonyl (C=O) groups is 4. The van der Waals surface area contributed by atoms with E-state index in [-0.39, 0.29) is 13.1 Å². The van der Waals surface area contributed by atoms with Gasteiger partial charge < -0.3 is 28.7 Å². The molecule has 0 N–H and O–H groups in total. The van der Waals surface area contributed by atoms with E-state index < -0.39 is 36.0 Å². The van der Waals surface area contributed by atoms with Gasteiger partial charge in [0.1, 0.15) is 23.0 Å². The lowest BCUT2D eigenvalue weighted by molar-refractivity contribution is -0.161. The normalized spacial score (nSPS) is 14.8. The zero-order valence-electron chi connectivity index (χ0n) is 30.2. The molecule has 0 bridgehead atoms. The summed E-state index contributed by atoms with van der Waals surface area (Å²) >= 11 is 0. The van der Waals surface area contributed by atoms with E-state index >= 15 is 0 Å².